The van der Waals surface area contributed by atoms with Crippen molar-refractivity contribution in [3.63, 3.8) is 0 Å². The Labute approximate surface area is 64.9 Å². The maximum atomic E-state index is 5.46. The SMILES string of the molecule is CCC(S)CO[SiH](C)C. The fraction of sp³-hybridized carbons (Fsp3) is 1.00. The summed E-state index contributed by atoms with van der Waals surface area (Å²) in [5, 5.41) is 0.444. The Morgan fingerprint density at radius 1 is 1.56 bits per heavy atom. The van der Waals surface area contributed by atoms with Crippen LogP contribution in [0, 0.1) is 0 Å². The first kappa shape index (κ1) is 9.53. The summed E-state index contributed by atoms with van der Waals surface area (Å²) in [6.07, 6.45) is 1.10. The van der Waals surface area contributed by atoms with E-state index in [0.717, 1.165) is 13.0 Å². The fourth-order valence-corrected chi connectivity index (χ4v) is 1.29. The third kappa shape index (κ3) is 6.41. The van der Waals surface area contributed by atoms with E-state index in [2.05, 4.69) is 32.6 Å². The number of hydrogen-bond donors (Lipinski definition) is 1. The van der Waals surface area contributed by atoms with Crippen molar-refractivity contribution in [2.75, 3.05) is 6.61 Å². The molecular formula is C6H16OSSi. The Morgan fingerprint density at radius 3 is 2.44 bits per heavy atom. The van der Waals surface area contributed by atoms with Gasteiger partial charge in [0, 0.05) is 11.9 Å². The second kappa shape index (κ2) is 5.32. The highest BCUT2D eigenvalue weighted by Crippen LogP contribution is 2.00. The van der Waals surface area contributed by atoms with Crippen molar-refractivity contribution in [3.05, 3.63) is 0 Å². The normalized spacial score (nSPS) is 14.3. The number of rotatable bonds is 4. The predicted octanol–water partition coefficient (Wildman–Crippen LogP) is 1.69. The van der Waals surface area contributed by atoms with E-state index in [4.69, 9.17) is 4.43 Å². The van der Waals surface area contributed by atoms with Crippen LogP contribution in [-0.4, -0.2) is 20.9 Å². The minimum atomic E-state index is -0.789. The van der Waals surface area contributed by atoms with Crippen LogP contribution in [0.25, 0.3) is 0 Å². The van der Waals surface area contributed by atoms with Gasteiger partial charge in [0.15, 0.2) is 9.04 Å². The standard InChI is InChI=1S/C6H16OSSi/c1-4-6(8)5-7-9(2)3/h6,8-9H,4-5H2,1-3H3. The highest BCUT2D eigenvalue weighted by atomic mass is 32.1. The van der Waals surface area contributed by atoms with Crippen molar-refractivity contribution in [2.45, 2.75) is 31.7 Å². The van der Waals surface area contributed by atoms with Gasteiger partial charge >= 0.3 is 0 Å². The molecular weight excluding hydrogens is 148 g/mol. The zero-order valence-corrected chi connectivity index (χ0v) is 8.47. The Hall–Kier alpha value is 0.527. The van der Waals surface area contributed by atoms with E-state index in [-0.39, 0.29) is 0 Å². The van der Waals surface area contributed by atoms with E-state index in [1.165, 1.54) is 0 Å². The van der Waals surface area contributed by atoms with Gasteiger partial charge in [0.05, 0.1) is 0 Å². The van der Waals surface area contributed by atoms with Gasteiger partial charge in [0.1, 0.15) is 0 Å². The summed E-state index contributed by atoms with van der Waals surface area (Å²) in [7, 11) is -0.789. The molecule has 0 heterocycles. The van der Waals surface area contributed by atoms with E-state index in [1.807, 2.05) is 0 Å². The smallest absolute Gasteiger partial charge is 0.170 e. The molecule has 0 spiro atoms. The molecule has 0 aliphatic carbocycles. The average Bonchev–Trinajstić information content (AvgIpc) is 1.83. The van der Waals surface area contributed by atoms with Gasteiger partial charge < -0.3 is 4.43 Å². The van der Waals surface area contributed by atoms with Crippen molar-refractivity contribution in [3.8, 4) is 0 Å². The molecule has 1 atom stereocenters. The average molecular weight is 164 g/mol. The maximum absolute atomic E-state index is 5.46. The molecule has 3 heteroatoms. The van der Waals surface area contributed by atoms with Gasteiger partial charge in [0.25, 0.3) is 0 Å². The fourth-order valence-electron chi connectivity index (χ4n) is 0.421. The molecule has 0 aliphatic heterocycles. The van der Waals surface area contributed by atoms with Crippen LogP contribution in [0.4, 0.5) is 0 Å². The Morgan fingerprint density at radius 2 is 2.11 bits per heavy atom. The summed E-state index contributed by atoms with van der Waals surface area (Å²) in [6.45, 7) is 7.32. The molecule has 1 unspecified atom stereocenters. The van der Waals surface area contributed by atoms with Crippen LogP contribution in [0.3, 0.4) is 0 Å². The maximum Gasteiger partial charge on any atom is 0.170 e. The van der Waals surface area contributed by atoms with Crippen LogP contribution in [0.15, 0.2) is 0 Å². The van der Waals surface area contributed by atoms with Crippen LogP contribution in [0.2, 0.25) is 13.1 Å². The van der Waals surface area contributed by atoms with Crippen molar-refractivity contribution < 1.29 is 4.43 Å². The molecule has 0 rings (SSSR count). The summed E-state index contributed by atoms with van der Waals surface area (Å²) in [5.41, 5.74) is 0. The third-order valence-electron chi connectivity index (χ3n) is 1.09. The second-order valence-electron chi connectivity index (χ2n) is 2.44. The molecule has 1 nitrogen and oxygen atoms in total. The zero-order chi connectivity index (χ0) is 7.28. The highest BCUT2D eigenvalue weighted by molar-refractivity contribution is 7.81. The lowest BCUT2D eigenvalue weighted by atomic mass is 10.3. The molecule has 56 valence electrons. The highest BCUT2D eigenvalue weighted by Gasteiger charge is 2.00. The summed E-state index contributed by atoms with van der Waals surface area (Å²) in [5.74, 6) is 0. The van der Waals surface area contributed by atoms with Gasteiger partial charge in [0.2, 0.25) is 0 Å². The van der Waals surface area contributed by atoms with E-state index in [1.54, 1.807) is 0 Å². The Kier molecular flexibility index (Phi) is 5.63. The first-order valence-electron chi connectivity index (χ1n) is 3.46. The van der Waals surface area contributed by atoms with Gasteiger partial charge in [-0.25, -0.2) is 0 Å². The molecule has 0 aromatic carbocycles. The van der Waals surface area contributed by atoms with E-state index in [0.29, 0.717) is 5.25 Å². The molecule has 0 N–H and O–H groups in total. The zero-order valence-electron chi connectivity index (χ0n) is 6.42. The molecule has 0 aromatic heterocycles. The largest absolute Gasteiger partial charge is 0.419 e. The molecule has 0 saturated heterocycles. The lowest BCUT2D eigenvalue weighted by Crippen LogP contribution is -2.15. The summed E-state index contributed by atoms with van der Waals surface area (Å²) in [6, 6.07) is 0. The van der Waals surface area contributed by atoms with Gasteiger partial charge in [-0.15, -0.1) is 0 Å². The minimum Gasteiger partial charge on any atom is -0.419 e. The second-order valence-corrected chi connectivity index (χ2v) is 5.61. The van der Waals surface area contributed by atoms with Crippen molar-refractivity contribution in [1.29, 1.82) is 0 Å². The first-order chi connectivity index (χ1) is 4.16. The van der Waals surface area contributed by atoms with Crippen LogP contribution >= 0.6 is 12.6 Å². The summed E-state index contributed by atoms with van der Waals surface area (Å²) >= 11 is 4.30. The predicted molar refractivity (Wildman–Crippen MR) is 47.9 cm³/mol. The quantitative estimate of drug-likeness (QED) is 0.491. The molecule has 9 heavy (non-hydrogen) atoms. The summed E-state index contributed by atoms with van der Waals surface area (Å²) < 4.78 is 5.46. The number of hydrogen-bond acceptors (Lipinski definition) is 2. The van der Waals surface area contributed by atoms with Crippen LogP contribution in [0.5, 0.6) is 0 Å². The molecule has 0 saturated carbocycles. The minimum absolute atomic E-state index is 0.444. The lowest BCUT2D eigenvalue weighted by Gasteiger charge is -2.10. The molecule has 0 aliphatic rings. The molecule has 0 aromatic rings. The van der Waals surface area contributed by atoms with E-state index < -0.39 is 9.04 Å². The van der Waals surface area contributed by atoms with Crippen molar-refractivity contribution in [2.24, 2.45) is 0 Å². The monoisotopic (exact) mass is 164 g/mol. The van der Waals surface area contributed by atoms with Crippen molar-refractivity contribution in [1.82, 2.24) is 0 Å². The molecule has 0 fully saturated rings. The topological polar surface area (TPSA) is 9.23 Å². The van der Waals surface area contributed by atoms with Crippen LogP contribution in [-0.2, 0) is 4.43 Å². The van der Waals surface area contributed by atoms with Crippen molar-refractivity contribution >= 4 is 21.7 Å². The Balaban J connectivity index is 3.06. The first-order valence-corrected chi connectivity index (χ1v) is 6.76. The van der Waals surface area contributed by atoms with Crippen LogP contribution < -0.4 is 0 Å². The van der Waals surface area contributed by atoms with Gasteiger partial charge in [-0.3, -0.25) is 0 Å². The van der Waals surface area contributed by atoms with Gasteiger partial charge in [-0.05, 0) is 19.5 Å². The van der Waals surface area contributed by atoms with E-state index >= 15 is 0 Å². The Bertz CT molecular complexity index is 68.1. The third-order valence-corrected chi connectivity index (χ3v) is 2.47. The molecule has 0 bridgehead atoms. The lowest BCUT2D eigenvalue weighted by molar-refractivity contribution is 0.324. The molecule has 0 amide bonds. The number of thiol groups is 1. The van der Waals surface area contributed by atoms with Crippen LogP contribution in [0.1, 0.15) is 13.3 Å². The van der Waals surface area contributed by atoms with Gasteiger partial charge in [-0.1, -0.05) is 6.92 Å². The van der Waals surface area contributed by atoms with Gasteiger partial charge in [-0.2, -0.15) is 12.6 Å². The molecule has 0 radical (unpaired) electrons. The van der Waals surface area contributed by atoms with E-state index in [9.17, 15) is 0 Å². The summed E-state index contributed by atoms with van der Waals surface area (Å²) in [4.78, 5) is 0.